The van der Waals surface area contributed by atoms with Gasteiger partial charge in [-0.05, 0) is 39.9 Å². The number of carboxylic acids is 1. The van der Waals surface area contributed by atoms with Crippen LogP contribution in [0.1, 0.15) is 22.6 Å². The molecule has 0 spiro atoms. The van der Waals surface area contributed by atoms with Crippen molar-refractivity contribution in [1.29, 1.82) is 0 Å². The molecule has 0 bridgehead atoms. The third-order valence-corrected chi connectivity index (χ3v) is 6.11. The van der Waals surface area contributed by atoms with E-state index in [1.807, 2.05) is 48.5 Å². The molecule has 7 heteroatoms. The number of carboxylic acid groups (broad SMARTS) is 1. The first-order valence-electron chi connectivity index (χ1n) is 9.72. The van der Waals surface area contributed by atoms with Crippen molar-refractivity contribution in [2.75, 3.05) is 6.61 Å². The molecule has 1 aliphatic rings. The molecule has 158 valence electrons. The maximum atomic E-state index is 13.3. The number of aliphatic carboxylic acids is 1. The number of amides is 1. The van der Waals surface area contributed by atoms with E-state index in [2.05, 4.69) is 21.2 Å². The van der Waals surface area contributed by atoms with Crippen molar-refractivity contribution in [3.05, 3.63) is 93.7 Å². The minimum atomic E-state index is -1.21. The van der Waals surface area contributed by atoms with Gasteiger partial charge in [0.1, 0.15) is 18.5 Å². The number of ether oxygens (including phenoxy) is 1. The van der Waals surface area contributed by atoms with E-state index < -0.39 is 23.9 Å². The molecule has 0 heterocycles. The van der Waals surface area contributed by atoms with Crippen molar-refractivity contribution in [3.8, 4) is 11.1 Å². The molecule has 0 saturated heterocycles. The van der Waals surface area contributed by atoms with Crippen LogP contribution in [-0.2, 0) is 16.0 Å². The molecule has 1 aliphatic carbocycles. The van der Waals surface area contributed by atoms with Crippen molar-refractivity contribution in [2.45, 2.75) is 18.4 Å². The molecule has 5 nitrogen and oxygen atoms in total. The molecule has 0 saturated carbocycles. The first-order chi connectivity index (χ1) is 14.9. The van der Waals surface area contributed by atoms with Crippen molar-refractivity contribution < 1.29 is 23.8 Å². The Morgan fingerprint density at radius 1 is 1.03 bits per heavy atom. The third kappa shape index (κ3) is 4.46. The van der Waals surface area contributed by atoms with Crippen LogP contribution in [0.3, 0.4) is 0 Å². The zero-order valence-corrected chi connectivity index (χ0v) is 17.9. The van der Waals surface area contributed by atoms with Crippen molar-refractivity contribution in [1.82, 2.24) is 5.32 Å². The van der Waals surface area contributed by atoms with Gasteiger partial charge >= 0.3 is 12.1 Å². The smallest absolute Gasteiger partial charge is 0.407 e. The lowest BCUT2D eigenvalue weighted by atomic mass is 9.98. The van der Waals surface area contributed by atoms with Crippen LogP contribution in [-0.4, -0.2) is 29.8 Å². The van der Waals surface area contributed by atoms with Crippen LogP contribution in [0, 0.1) is 5.82 Å². The second-order valence-corrected chi connectivity index (χ2v) is 8.15. The summed E-state index contributed by atoms with van der Waals surface area (Å²) in [7, 11) is 0. The van der Waals surface area contributed by atoms with Crippen LogP contribution in [0.15, 0.2) is 71.2 Å². The number of hydrogen-bond acceptors (Lipinski definition) is 3. The van der Waals surface area contributed by atoms with Crippen LogP contribution in [0.5, 0.6) is 0 Å². The quantitative estimate of drug-likeness (QED) is 0.509. The van der Waals surface area contributed by atoms with Crippen LogP contribution in [0.25, 0.3) is 11.1 Å². The Hall–Kier alpha value is -3.19. The molecule has 3 aromatic carbocycles. The fourth-order valence-electron chi connectivity index (χ4n) is 3.89. The van der Waals surface area contributed by atoms with Gasteiger partial charge in [0, 0.05) is 16.8 Å². The van der Waals surface area contributed by atoms with E-state index in [9.17, 15) is 19.1 Å². The summed E-state index contributed by atoms with van der Waals surface area (Å²) < 4.78 is 19.1. The van der Waals surface area contributed by atoms with Crippen LogP contribution >= 0.6 is 15.9 Å². The van der Waals surface area contributed by atoms with Gasteiger partial charge in [0.05, 0.1) is 0 Å². The van der Waals surface area contributed by atoms with Gasteiger partial charge in [0.15, 0.2) is 0 Å². The molecular weight excluding hydrogens is 465 g/mol. The average molecular weight is 484 g/mol. The van der Waals surface area contributed by atoms with Crippen molar-refractivity contribution >= 4 is 28.0 Å². The summed E-state index contributed by atoms with van der Waals surface area (Å²) in [6.45, 7) is 0.0897. The minimum absolute atomic E-state index is 0.0135. The number of alkyl carbamates (subject to hydrolysis) is 1. The van der Waals surface area contributed by atoms with Crippen molar-refractivity contribution in [3.63, 3.8) is 0 Å². The normalized spacial score (nSPS) is 13.2. The van der Waals surface area contributed by atoms with Gasteiger partial charge in [0.2, 0.25) is 0 Å². The van der Waals surface area contributed by atoms with Gasteiger partial charge in [-0.1, -0.05) is 70.5 Å². The lowest BCUT2D eigenvalue weighted by Crippen LogP contribution is -2.43. The summed E-state index contributed by atoms with van der Waals surface area (Å²) >= 11 is 3.22. The summed E-state index contributed by atoms with van der Waals surface area (Å²) in [5.74, 6) is -1.76. The maximum absolute atomic E-state index is 13.3. The monoisotopic (exact) mass is 483 g/mol. The molecule has 1 atom stereocenters. The molecule has 0 unspecified atom stereocenters. The first kappa shape index (κ1) is 21.1. The number of fused-ring (bicyclic) bond motifs is 3. The van der Waals surface area contributed by atoms with E-state index in [1.54, 1.807) is 0 Å². The van der Waals surface area contributed by atoms with Gasteiger partial charge < -0.3 is 15.2 Å². The molecular formula is C24H19BrFNO4. The topological polar surface area (TPSA) is 75.6 Å². The van der Waals surface area contributed by atoms with E-state index >= 15 is 0 Å². The van der Waals surface area contributed by atoms with Crippen LogP contribution < -0.4 is 5.32 Å². The first-order valence-corrected chi connectivity index (χ1v) is 10.5. The molecule has 0 aliphatic heterocycles. The lowest BCUT2D eigenvalue weighted by Gasteiger charge is -2.18. The number of carbonyl (C=O) groups excluding carboxylic acids is 1. The van der Waals surface area contributed by atoms with Gasteiger partial charge in [-0.25, -0.2) is 14.0 Å². The summed E-state index contributed by atoms with van der Waals surface area (Å²) in [5.41, 5.74) is 4.92. The van der Waals surface area contributed by atoms with Crippen LogP contribution in [0.4, 0.5) is 9.18 Å². The number of carbonyl (C=O) groups is 2. The lowest BCUT2D eigenvalue weighted by molar-refractivity contribution is -0.139. The number of halogens is 2. The molecule has 0 radical (unpaired) electrons. The summed E-state index contributed by atoms with van der Waals surface area (Å²) in [6, 6.07) is 18.7. The summed E-state index contributed by atoms with van der Waals surface area (Å²) in [4.78, 5) is 24.0. The average Bonchev–Trinajstić information content (AvgIpc) is 3.07. The van der Waals surface area contributed by atoms with Gasteiger partial charge in [-0.3, -0.25) is 0 Å². The highest BCUT2D eigenvalue weighted by Gasteiger charge is 2.30. The molecule has 1 amide bonds. The zero-order valence-electron chi connectivity index (χ0n) is 16.3. The summed E-state index contributed by atoms with van der Waals surface area (Å²) in [6.07, 6.45) is -0.826. The van der Waals surface area contributed by atoms with Crippen molar-refractivity contribution in [2.24, 2.45) is 0 Å². The second-order valence-electron chi connectivity index (χ2n) is 7.30. The van der Waals surface area contributed by atoms with E-state index in [1.165, 1.54) is 18.2 Å². The Kier molecular flexibility index (Phi) is 6.04. The largest absolute Gasteiger partial charge is 0.480 e. The predicted octanol–water partition coefficient (Wildman–Crippen LogP) is 5.12. The highest BCUT2D eigenvalue weighted by Crippen LogP contribution is 2.44. The highest BCUT2D eigenvalue weighted by molar-refractivity contribution is 9.10. The fourth-order valence-corrected chi connectivity index (χ4v) is 4.40. The summed E-state index contributed by atoms with van der Waals surface area (Å²) in [5, 5.41) is 11.9. The number of nitrogens with one attached hydrogen (secondary N) is 1. The molecule has 2 N–H and O–H groups in total. The second kappa shape index (κ2) is 8.89. The maximum Gasteiger partial charge on any atom is 0.407 e. The predicted molar refractivity (Wildman–Crippen MR) is 117 cm³/mol. The highest BCUT2D eigenvalue weighted by atomic mass is 79.9. The van der Waals surface area contributed by atoms with Gasteiger partial charge in [-0.2, -0.15) is 0 Å². The number of hydrogen-bond donors (Lipinski definition) is 2. The van der Waals surface area contributed by atoms with E-state index in [-0.39, 0.29) is 18.9 Å². The van der Waals surface area contributed by atoms with E-state index in [0.717, 1.165) is 22.3 Å². The Morgan fingerprint density at radius 2 is 1.65 bits per heavy atom. The molecule has 31 heavy (non-hydrogen) atoms. The van der Waals surface area contributed by atoms with E-state index in [0.29, 0.717) is 10.0 Å². The fraction of sp³-hybridized carbons (Fsp3) is 0.167. The zero-order chi connectivity index (χ0) is 22.0. The molecule has 4 rings (SSSR count). The van der Waals surface area contributed by atoms with Gasteiger partial charge in [-0.15, -0.1) is 0 Å². The number of rotatable bonds is 6. The molecule has 0 fully saturated rings. The molecule has 3 aromatic rings. The Morgan fingerprint density at radius 3 is 2.23 bits per heavy atom. The Balaban J connectivity index is 1.44. The SMILES string of the molecule is O=C(N[C@H](Cc1ccc(F)cc1Br)C(=O)O)OCC1c2ccccc2-c2ccccc21. The standard InChI is InChI=1S/C24H19BrFNO4/c25-21-12-15(26)10-9-14(21)11-22(23(28)29)27-24(30)31-13-20-18-7-3-1-5-16(18)17-6-2-4-8-19(17)20/h1-10,12,20,22H,11,13H2,(H,27,30)(H,28,29)/t22-/m1/s1. The van der Waals surface area contributed by atoms with Gasteiger partial charge in [0.25, 0.3) is 0 Å². The third-order valence-electron chi connectivity index (χ3n) is 5.37. The Bertz CT molecular complexity index is 1100. The Labute approximate surface area is 187 Å². The number of benzene rings is 3. The van der Waals surface area contributed by atoms with Crippen LogP contribution in [0.2, 0.25) is 0 Å². The van der Waals surface area contributed by atoms with E-state index in [4.69, 9.17) is 4.74 Å². The minimum Gasteiger partial charge on any atom is -0.480 e. The molecule has 0 aromatic heterocycles.